The fraction of sp³-hybridized carbons (Fsp3) is 0.762. The lowest BCUT2D eigenvalue weighted by Crippen LogP contribution is -2.67. The number of nitrogens with zero attached hydrogens (tertiary/aromatic N) is 3. The molecule has 1 aliphatic carbocycles. The minimum Gasteiger partial charge on any atom is -0.363 e. The Labute approximate surface area is 175 Å². The van der Waals surface area contributed by atoms with Gasteiger partial charge in [0, 0.05) is 37.5 Å². The summed E-state index contributed by atoms with van der Waals surface area (Å²) in [6.45, 7) is 5.01. The Balaban J connectivity index is 1.13. The van der Waals surface area contributed by atoms with E-state index in [2.05, 4.69) is 5.32 Å². The molecule has 8 heteroatoms. The van der Waals surface area contributed by atoms with E-state index >= 15 is 0 Å². The summed E-state index contributed by atoms with van der Waals surface area (Å²) < 4.78 is 5.78. The van der Waals surface area contributed by atoms with E-state index in [0.717, 1.165) is 45.2 Å². The van der Waals surface area contributed by atoms with Gasteiger partial charge in [0.15, 0.2) is 0 Å². The minimum absolute atomic E-state index is 0.0873. The van der Waals surface area contributed by atoms with Crippen LogP contribution in [-0.2, 0) is 28.8 Å². The van der Waals surface area contributed by atoms with E-state index in [0.29, 0.717) is 19.0 Å². The molecule has 0 spiro atoms. The number of carbonyl (C=O) groups is 2. The Morgan fingerprint density at radius 1 is 1.28 bits per heavy atom. The van der Waals surface area contributed by atoms with Crippen LogP contribution in [0.1, 0.15) is 48.2 Å². The third-order valence-electron chi connectivity index (χ3n) is 7.15. The molecular formula is C21H30N4O3S. The molecule has 0 unspecified atom stereocenters. The van der Waals surface area contributed by atoms with Crippen molar-refractivity contribution in [2.45, 2.75) is 63.5 Å². The van der Waals surface area contributed by atoms with E-state index in [1.165, 1.54) is 28.4 Å². The molecule has 3 fully saturated rings. The number of thiazole rings is 1. The van der Waals surface area contributed by atoms with Crippen LogP contribution < -0.4 is 5.32 Å². The van der Waals surface area contributed by atoms with Crippen molar-refractivity contribution in [1.29, 1.82) is 0 Å². The topological polar surface area (TPSA) is 74.8 Å². The van der Waals surface area contributed by atoms with E-state index in [4.69, 9.17) is 9.72 Å². The number of ether oxygens (including phenoxy) is 1. The summed E-state index contributed by atoms with van der Waals surface area (Å²) in [4.78, 5) is 35.0. The quantitative estimate of drug-likeness (QED) is 0.797. The summed E-state index contributed by atoms with van der Waals surface area (Å²) in [5.74, 6) is 0.539. The first-order valence-electron chi connectivity index (χ1n) is 10.9. The van der Waals surface area contributed by atoms with E-state index in [1.54, 1.807) is 0 Å². The molecule has 0 bridgehead atoms. The molecule has 2 atom stereocenters. The zero-order chi connectivity index (χ0) is 20.0. The van der Waals surface area contributed by atoms with Crippen LogP contribution in [0.15, 0.2) is 0 Å². The second-order valence-electron chi connectivity index (χ2n) is 9.17. The maximum Gasteiger partial charge on any atom is 0.320 e. The Kier molecular flexibility index (Phi) is 5.02. The SMILES string of the molecule is C[C@]12CCN(C(=O)N3CCC(Cc4nc5c(s4)CCC5)CC3)C[C@H]1NC(=O)CO2. The molecule has 3 amide bonds. The van der Waals surface area contributed by atoms with Gasteiger partial charge < -0.3 is 19.9 Å². The highest BCUT2D eigenvalue weighted by atomic mass is 32.1. The number of fused-ring (bicyclic) bond motifs is 2. The number of rotatable bonds is 2. The number of aromatic nitrogens is 1. The van der Waals surface area contributed by atoms with Crippen molar-refractivity contribution in [3.05, 3.63) is 15.6 Å². The predicted octanol–water partition coefficient (Wildman–Crippen LogP) is 1.99. The van der Waals surface area contributed by atoms with Gasteiger partial charge in [-0.2, -0.15) is 0 Å². The van der Waals surface area contributed by atoms with Crippen LogP contribution in [0, 0.1) is 5.92 Å². The molecule has 0 saturated carbocycles. The number of piperidine rings is 2. The summed E-state index contributed by atoms with van der Waals surface area (Å²) in [7, 11) is 0. The number of aryl methyl sites for hydroxylation is 2. The Bertz CT molecular complexity index is 782. The third-order valence-corrected chi connectivity index (χ3v) is 8.32. The molecule has 1 aromatic heterocycles. The fourth-order valence-corrected chi connectivity index (χ4v) is 6.42. The van der Waals surface area contributed by atoms with Crippen LogP contribution in [0.2, 0.25) is 0 Å². The van der Waals surface area contributed by atoms with Crippen molar-refractivity contribution >= 4 is 23.3 Å². The molecule has 5 rings (SSSR count). The third kappa shape index (κ3) is 3.77. The molecule has 3 saturated heterocycles. The van der Waals surface area contributed by atoms with Crippen molar-refractivity contribution in [2.24, 2.45) is 5.92 Å². The number of hydrogen-bond donors (Lipinski definition) is 1. The molecular weight excluding hydrogens is 388 g/mol. The number of likely N-dealkylation sites (tertiary alicyclic amines) is 2. The van der Waals surface area contributed by atoms with Crippen LogP contribution in [0.4, 0.5) is 4.79 Å². The zero-order valence-electron chi connectivity index (χ0n) is 17.1. The Hall–Kier alpha value is -1.67. The monoisotopic (exact) mass is 418 g/mol. The van der Waals surface area contributed by atoms with Gasteiger partial charge in [-0.05, 0) is 51.4 Å². The van der Waals surface area contributed by atoms with Crippen LogP contribution in [-0.4, -0.2) is 71.2 Å². The van der Waals surface area contributed by atoms with Gasteiger partial charge in [-0.25, -0.2) is 9.78 Å². The molecule has 158 valence electrons. The summed E-state index contributed by atoms with van der Waals surface area (Å²) >= 11 is 1.91. The number of hydrogen-bond acceptors (Lipinski definition) is 5. The van der Waals surface area contributed by atoms with E-state index in [9.17, 15) is 9.59 Å². The summed E-state index contributed by atoms with van der Waals surface area (Å²) in [6, 6.07) is -0.00982. The van der Waals surface area contributed by atoms with Gasteiger partial charge in [0.2, 0.25) is 5.91 Å². The molecule has 1 N–H and O–H groups in total. The zero-order valence-corrected chi connectivity index (χ0v) is 17.9. The molecule has 3 aliphatic heterocycles. The second-order valence-corrected chi connectivity index (χ2v) is 10.3. The maximum absolute atomic E-state index is 13.1. The van der Waals surface area contributed by atoms with Crippen LogP contribution in [0.3, 0.4) is 0 Å². The van der Waals surface area contributed by atoms with Gasteiger partial charge in [-0.3, -0.25) is 4.79 Å². The highest BCUT2D eigenvalue weighted by molar-refractivity contribution is 7.11. The normalized spacial score (nSPS) is 30.1. The minimum atomic E-state index is -0.355. The molecule has 4 heterocycles. The Morgan fingerprint density at radius 2 is 2.10 bits per heavy atom. The number of carbonyl (C=O) groups excluding carboxylic acids is 2. The largest absolute Gasteiger partial charge is 0.363 e. The number of morpholine rings is 1. The smallest absolute Gasteiger partial charge is 0.320 e. The predicted molar refractivity (Wildman–Crippen MR) is 110 cm³/mol. The molecule has 4 aliphatic rings. The van der Waals surface area contributed by atoms with Gasteiger partial charge >= 0.3 is 6.03 Å². The first kappa shape index (κ1) is 19.3. The first-order valence-corrected chi connectivity index (χ1v) is 11.8. The van der Waals surface area contributed by atoms with Crippen LogP contribution in [0.5, 0.6) is 0 Å². The lowest BCUT2D eigenvalue weighted by molar-refractivity contribution is -0.156. The average molecular weight is 419 g/mol. The van der Waals surface area contributed by atoms with Crippen LogP contribution >= 0.6 is 11.3 Å². The molecule has 0 aromatic carbocycles. The molecule has 1 aromatic rings. The molecule has 29 heavy (non-hydrogen) atoms. The van der Waals surface area contributed by atoms with Gasteiger partial charge in [0.05, 0.1) is 22.3 Å². The van der Waals surface area contributed by atoms with Crippen molar-refractivity contribution in [1.82, 2.24) is 20.1 Å². The van der Waals surface area contributed by atoms with Crippen LogP contribution in [0.25, 0.3) is 0 Å². The van der Waals surface area contributed by atoms with E-state index < -0.39 is 0 Å². The second kappa shape index (κ2) is 7.54. The lowest BCUT2D eigenvalue weighted by Gasteiger charge is -2.49. The van der Waals surface area contributed by atoms with Gasteiger partial charge in [0.25, 0.3) is 0 Å². The highest BCUT2D eigenvalue weighted by Gasteiger charge is 2.46. The van der Waals surface area contributed by atoms with Crippen molar-refractivity contribution in [3.8, 4) is 0 Å². The van der Waals surface area contributed by atoms with E-state index in [-0.39, 0.29) is 30.2 Å². The Morgan fingerprint density at radius 3 is 2.90 bits per heavy atom. The standard InChI is InChI=1S/C21H30N4O3S/c1-21-7-10-25(12-17(21)23-18(26)13-28-21)20(27)24-8-5-14(6-9-24)11-19-22-15-3-2-4-16(15)29-19/h14,17H,2-13H2,1H3,(H,23,26)/t17-,21+/m1/s1. The van der Waals surface area contributed by atoms with Gasteiger partial charge in [-0.1, -0.05) is 0 Å². The van der Waals surface area contributed by atoms with E-state index in [1.807, 2.05) is 28.1 Å². The number of nitrogens with one attached hydrogen (secondary N) is 1. The van der Waals surface area contributed by atoms with Gasteiger partial charge in [-0.15, -0.1) is 11.3 Å². The summed E-state index contributed by atoms with van der Waals surface area (Å²) in [6.07, 6.45) is 7.54. The van der Waals surface area contributed by atoms with Crippen molar-refractivity contribution in [3.63, 3.8) is 0 Å². The maximum atomic E-state index is 13.1. The van der Waals surface area contributed by atoms with Crippen molar-refractivity contribution in [2.75, 3.05) is 32.8 Å². The number of amides is 3. The highest BCUT2D eigenvalue weighted by Crippen LogP contribution is 2.32. The number of urea groups is 1. The lowest BCUT2D eigenvalue weighted by atomic mass is 9.87. The average Bonchev–Trinajstić information content (AvgIpc) is 3.30. The molecule has 7 nitrogen and oxygen atoms in total. The summed E-state index contributed by atoms with van der Waals surface area (Å²) in [5.41, 5.74) is 0.986. The van der Waals surface area contributed by atoms with Gasteiger partial charge in [0.1, 0.15) is 6.61 Å². The first-order chi connectivity index (χ1) is 14.0. The fourth-order valence-electron chi connectivity index (χ4n) is 5.15. The summed E-state index contributed by atoms with van der Waals surface area (Å²) in [5, 5.41) is 4.31. The van der Waals surface area contributed by atoms with Crippen molar-refractivity contribution < 1.29 is 14.3 Å². The molecule has 0 radical (unpaired) electrons.